The van der Waals surface area contributed by atoms with Gasteiger partial charge < -0.3 is 29.3 Å². The van der Waals surface area contributed by atoms with Gasteiger partial charge in [-0.1, -0.05) is 0 Å². The largest absolute Gasteiger partial charge is 0.496 e. The third-order valence-electron chi connectivity index (χ3n) is 8.35. The molecule has 1 saturated heterocycles. The fourth-order valence-electron chi connectivity index (χ4n) is 5.62. The zero-order valence-corrected chi connectivity index (χ0v) is 25.8. The third-order valence-corrected chi connectivity index (χ3v) is 9.19. The Labute approximate surface area is 257 Å². The molecule has 0 spiro atoms. The van der Waals surface area contributed by atoms with Crippen LogP contribution in [0.3, 0.4) is 0 Å². The topological polar surface area (TPSA) is 118 Å². The number of aliphatic carboxylic acids is 1. The molecule has 1 aliphatic carbocycles. The summed E-state index contributed by atoms with van der Waals surface area (Å²) < 4.78 is 39.7. The molecule has 2 aliphatic rings. The Balaban J connectivity index is 1.20. The Hall–Kier alpha value is -4.10. The standard InChI is InChI=1S/C31H34F2N4O6S/c1-37(2,3)20-14-36(15-20)28(38)16-43-21-5-6-22(26(9-21)42-4)25-17-44-27(35-25)13-34-30(41)31(12-29(39)40)10-18-7-23(32)24(33)8-19(18)11-31/h5-9,17,20H,10-16H2,1-4H3,(H-,34,39,40,41)/p+1. The van der Waals surface area contributed by atoms with E-state index in [1.165, 1.54) is 18.4 Å². The number of rotatable bonds is 11. The first-order valence-corrected chi connectivity index (χ1v) is 15.0. The third kappa shape index (κ3) is 6.53. The van der Waals surface area contributed by atoms with Crippen molar-refractivity contribution in [2.24, 2.45) is 5.41 Å². The van der Waals surface area contributed by atoms with E-state index in [2.05, 4.69) is 31.4 Å². The van der Waals surface area contributed by atoms with Gasteiger partial charge in [-0.3, -0.25) is 14.4 Å². The van der Waals surface area contributed by atoms with Crippen molar-refractivity contribution in [1.82, 2.24) is 15.2 Å². The van der Waals surface area contributed by atoms with Gasteiger partial charge in [0.15, 0.2) is 18.2 Å². The van der Waals surface area contributed by atoms with Crippen molar-refractivity contribution in [3.05, 3.63) is 63.5 Å². The second-order valence-electron chi connectivity index (χ2n) is 12.3. The van der Waals surface area contributed by atoms with Crippen LogP contribution >= 0.6 is 11.3 Å². The number of likely N-dealkylation sites (tertiary alicyclic amines) is 1. The second-order valence-corrected chi connectivity index (χ2v) is 13.2. The van der Waals surface area contributed by atoms with Crippen LogP contribution in [0.4, 0.5) is 8.78 Å². The molecule has 13 heteroatoms. The lowest BCUT2D eigenvalue weighted by Crippen LogP contribution is -2.66. The van der Waals surface area contributed by atoms with Crippen molar-refractivity contribution in [2.45, 2.75) is 31.8 Å². The number of carbonyl (C=O) groups excluding carboxylic acids is 2. The number of fused-ring (bicyclic) bond motifs is 1. The van der Waals surface area contributed by atoms with Gasteiger partial charge in [0, 0.05) is 17.0 Å². The van der Waals surface area contributed by atoms with E-state index in [4.69, 9.17) is 9.47 Å². The quantitative estimate of drug-likeness (QED) is 0.313. The number of likely N-dealkylation sites (N-methyl/N-ethyl adjacent to an activating group) is 1. The van der Waals surface area contributed by atoms with E-state index in [0.717, 1.165) is 16.6 Å². The summed E-state index contributed by atoms with van der Waals surface area (Å²) in [6, 6.07) is 7.68. The van der Waals surface area contributed by atoms with E-state index >= 15 is 0 Å². The number of carboxylic acid groups (broad SMARTS) is 1. The van der Waals surface area contributed by atoms with Gasteiger partial charge in [0.25, 0.3) is 5.91 Å². The van der Waals surface area contributed by atoms with Gasteiger partial charge in [-0.2, -0.15) is 0 Å². The van der Waals surface area contributed by atoms with E-state index in [9.17, 15) is 28.3 Å². The summed E-state index contributed by atoms with van der Waals surface area (Å²) in [5, 5.41) is 14.7. The zero-order chi connectivity index (χ0) is 31.8. The van der Waals surface area contributed by atoms with Crippen molar-refractivity contribution in [2.75, 3.05) is 47.9 Å². The predicted octanol–water partition coefficient (Wildman–Crippen LogP) is 3.27. The molecule has 2 heterocycles. The van der Waals surface area contributed by atoms with Crippen LogP contribution in [0.1, 0.15) is 22.6 Å². The monoisotopic (exact) mass is 629 g/mol. The van der Waals surface area contributed by atoms with Crippen molar-refractivity contribution in [3.63, 3.8) is 0 Å². The van der Waals surface area contributed by atoms with Crippen LogP contribution in [0, 0.1) is 17.0 Å². The Morgan fingerprint density at radius 2 is 1.77 bits per heavy atom. The molecule has 234 valence electrons. The lowest BCUT2D eigenvalue weighted by atomic mass is 9.80. The number of amides is 2. The first-order valence-electron chi connectivity index (χ1n) is 14.1. The summed E-state index contributed by atoms with van der Waals surface area (Å²) >= 11 is 1.30. The van der Waals surface area contributed by atoms with Crippen LogP contribution in [-0.4, -0.2) is 91.2 Å². The van der Waals surface area contributed by atoms with E-state index in [1.54, 1.807) is 28.5 Å². The van der Waals surface area contributed by atoms with E-state index in [-0.39, 0.29) is 31.9 Å². The number of halogens is 2. The van der Waals surface area contributed by atoms with Crippen molar-refractivity contribution in [3.8, 4) is 22.8 Å². The molecule has 3 aromatic rings. The highest BCUT2D eigenvalue weighted by Crippen LogP contribution is 2.41. The number of benzene rings is 2. The van der Waals surface area contributed by atoms with Crippen LogP contribution < -0.4 is 14.8 Å². The van der Waals surface area contributed by atoms with E-state index in [1.807, 2.05) is 0 Å². The molecule has 0 saturated carbocycles. The van der Waals surface area contributed by atoms with E-state index in [0.29, 0.717) is 58.0 Å². The maximum atomic E-state index is 13.8. The maximum absolute atomic E-state index is 13.8. The van der Waals surface area contributed by atoms with Gasteiger partial charge in [-0.25, -0.2) is 13.8 Å². The number of hydrogen-bond acceptors (Lipinski definition) is 7. The average Bonchev–Trinajstić information content (AvgIpc) is 3.53. The van der Waals surface area contributed by atoms with Gasteiger partial charge in [0.1, 0.15) is 22.5 Å². The molecule has 10 nitrogen and oxygen atoms in total. The first kappa shape index (κ1) is 31.3. The molecule has 0 unspecified atom stereocenters. The smallest absolute Gasteiger partial charge is 0.304 e. The molecular formula is C31H35F2N4O6S+. The molecular weight excluding hydrogens is 594 g/mol. The highest BCUT2D eigenvalue weighted by molar-refractivity contribution is 7.09. The van der Waals surface area contributed by atoms with Crippen molar-refractivity contribution < 1.29 is 42.2 Å². The molecule has 0 atom stereocenters. The number of nitrogens with one attached hydrogen (secondary N) is 1. The summed E-state index contributed by atoms with van der Waals surface area (Å²) in [6.45, 7) is 1.37. The minimum Gasteiger partial charge on any atom is -0.496 e. The molecule has 5 rings (SSSR count). The number of aromatic nitrogens is 1. The Bertz CT molecular complexity index is 1570. The van der Waals surface area contributed by atoms with Gasteiger partial charge in [-0.15, -0.1) is 11.3 Å². The molecule has 0 radical (unpaired) electrons. The second kappa shape index (κ2) is 12.1. The number of thiazole rings is 1. The van der Waals surface area contributed by atoms with Crippen LogP contribution in [0.25, 0.3) is 11.3 Å². The van der Waals surface area contributed by atoms with Gasteiger partial charge in [-0.05, 0) is 48.2 Å². The highest BCUT2D eigenvalue weighted by Gasteiger charge is 2.46. The summed E-state index contributed by atoms with van der Waals surface area (Å²) in [5.74, 6) is -2.87. The molecule has 1 aliphatic heterocycles. The minimum atomic E-state index is -1.36. The molecule has 2 N–H and O–H groups in total. The average molecular weight is 630 g/mol. The summed E-state index contributed by atoms with van der Waals surface area (Å²) in [6.07, 6.45) is -0.495. The Morgan fingerprint density at radius 3 is 2.36 bits per heavy atom. The van der Waals surface area contributed by atoms with Gasteiger partial charge in [0.2, 0.25) is 5.91 Å². The molecule has 1 fully saturated rings. The molecule has 1 aromatic heterocycles. The van der Waals surface area contributed by atoms with Crippen LogP contribution in [-0.2, 0) is 33.8 Å². The predicted molar refractivity (Wildman–Crippen MR) is 158 cm³/mol. The fourth-order valence-corrected chi connectivity index (χ4v) is 6.36. The van der Waals surface area contributed by atoms with Gasteiger partial charge in [0.05, 0.1) is 65.4 Å². The van der Waals surface area contributed by atoms with Crippen LogP contribution in [0.2, 0.25) is 0 Å². The molecule has 2 aromatic carbocycles. The fraction of sp³-hybridized carbons (Fsp3) is 0.419. The van der Waals surface area contributed by atoms with Crippen LogP contribution in [0.5, 0.6) is 11.5 Å². The minimum absolute atomic E-state index is 0.00717. The maximum Gasteiger partial charge on any atom is 0.304 e. The molecule has 0 bridgehead atoms. The summed E-state index contributed by atoms with van der Waals surface area (Å²) in [4.78, 5) is 43.9. The summed E-state index contributed by atoms with van der Waals surface area (Å²) in [5.41, 5.74) is 0.777. The number of carboxylic acids is 1. The molecule has 44 heavy (non-hydrogen) atoms. The van der Waals surface area contributed by atoms with Crippen molar-refractivity contribution >= 4 is 29.1 Å². The highest BCUT2D eigenvalue weighted by atomic mass is 32.1. The number of hydrogen-bond donors (Lipinski definition) is 2. The van der Waals surface area contributed by atoms with Crippen molar-refractivity contribution in [1.29, 1.82) is 0 Å². The lowest BCUT2D eigenvalue weighted by Gasteiger charge is -2.46. The van der Waals surface area contributed by atoms with Gasteiger partial charge >= 0.3 is 5.97 Å². The Morgan fingerprint density at radius 1 is 1.11 bits per heavy atom. The normalized spacial score (nSPS) is 15.8. The SMILES string of the molecule is COc1cc(OCC(=O)N2CC([N+](C)(C)C)C2)ccc1-c1csc(CNC(=O)C2(CC(=O)O)Cc3cc(F)c(F)cc3C2)n1. The Kier molecular flexibility index (Phi) is 8.63. The summed E-state index contributed by atoms with van der Waals surface area (Å²) in [7, 11) is 7.85. The zero-order valence-electron chi connectivity index (χ0n) is 25.0. The lowest BCUT2D eigenvalue weighted by molar-refractivity contribution is -0.900. The number of ether oxygens (including phenoxy) is 2. The molecule has 2 amide bonds. The number of carbonyl (C=O) groups is 3. The number of quaternary nitrogens is 1. The number of nitrogens with zero attached hydrogens (tertiary/aromatic N) is 3. The van der Waals surface area contributed by atoms with E-state index < -0.39 is 35.3 Å². The number of methoxy groups -OCH3 is 1. The first-order chi connectivity index (χ1) is 20.8. The van der Waals surface area contributed by atoms with Crippen LogP contribution in [0.15, 0.2) is 35.7 Å².